The molecule has 0 saturated carbocycles. The van der Waals surface area contributed by atoms with E-state index in [2.05, 4.69) is 4.99 Å². The van der Waals surface area contributed by atoms with Crippen LogP contribution in [-0.4, -0.2) is 23.2 Å². The molecule has 0 radical (unpaired) electrons. The third-order valence-corrected chi connectivity index (χ3v) is 3.68. The van der Waals surface area contributed by atoms with Gasteiger partial charge in [-0.25, -0.2) is 0 Å². The Morgan fingerprint density at radius 3 is 2.83 bits per heavy atom. The third-order valence-electron chi connectivity index (χ3n) is 3.68. The van der Waals surface area contributed by atoms with Gasteiger partial charge in [-0.1, -0.05) is 38.1 Å². The van der Waals surface area contributed by atoms with Crippen LogP contribution in [0.15, 0.2) is 47.1 Å². The maximum absolute atomic E-state index is 12.3. The Balaban J connectivity index is 2.01. The lowest BCUT2D eigenvalue weighted by Crippen LogP contribution is -2.28. The zero-order chi connectivity index (χ0) is 16.6. The lowest BCUT2D eigenvalue weighted by Gasteiger charge is -2.17. The van der Waals surface area contributed by atoms with Crippen molar-refractivity contribution < 1.29 is 14.5 Å². The Hall–Kier alpha value is -2.76. The molecule has 1 unspecified atom stereocenters. The highest BCUT2D eigenvalue weighted by molar-refractivity contribution is 6.35. The van der Waals surface area contributed by atoms with Crippen molar-refractivity contribution >= 4 is 22.9 Å². The van der Waals surface area contributed by atoms with Gasteiger partial charge in [0.05, 0.1) is 28.5 Å². The molecule has 0 N–H and O–H groups in total. The minimum atomic E-state index is -0.708. The lowest BCUT2D eigenvalue weighted by atomic mass is 9.88. The molecule has 1 atom stereocenters. The highest BCUT2D eigenvalue weighted by atomic mass is 16.6. The quantitative estimate of drug-likeness (QED) is 0.486. The summed E-state index contributed by atoms with van der Waals surface area (Å²) in [6.45, 7) is 4.21. The van der Waals surface area contributed by atoms with Crippen LogP contribution >= 0.6 is 0 Å². The Morgan fingerprint density at radius 1 is 1.39 bits per heavy atom. The maximum atomic E-state index is 12.3. The first-order valence-corrected chi connectivity index (χ1v) is 7.41. The van der Waals surface area contributed by atoms with Gasteiger partial charge in [0.15, 0.2) is 0 Å². The third kappa shape index (κ3) is 2.67. The van der Waals surface area contributed by atoms with Gasteiger partial charge in [-0.15, -0.1) is 0 Å². The Morgan fingerprint density at radius 2 is 2.13 bits per heavy atom. The minimum absolute atomic E-state index is 0.0402. The second kappa shape index (κ2) is 5.79. The van der Waals surface area contributed by atoms with Gasteiger partial charge in [0.1, 0.15) is 5.92 Å². The summed E-state index contributed by atoms with van der Waals surface area (Å²) >= 11 is 0. The van der Waals surface area contributed by atoms with Crippen LogP contribution in [0.2, 0.25) is 0 Å². The maximum Gasteiger partial charge on any atom is 0.318 e. The van der Waals surface area contributed by atoms with Crippen LogP contribution in [0.25, 0.3) is 5.57 Å². The van der Waals surface area contributed by atoms with Gasteiger partial charge in [-0.05, 0) is 12.0 Å². The second-order valence-corrected chi connectivity index (χ2v) is 5.89. The molecule has 0 fully saturated rings. The summed E-state index contributed by atoms with van der Waals surface area (Å²) in [5.41, 5.74) is 2.10. The Kier molecular flexibility index (Phi) is 3.82. The number of ether oxygens (including phenoxy) is 1. The van der Waals surface area contributed by atoms with E-state index in [4.69, 9.17) is 4.74 Å². The van der Waals surface area contributed by atoms with Crippen molar-refractivity contribution in [2.45, 2.75) is 13.8 Å². The molecule has 23 heavy (non-hydrogen) atoms. The summed E-state index contributed by atoms with van der Waals surface area (Å²) < 4.78 is 5.28. The van der Waals surface area contributed by atoms with Crippen molar-refractivity contribution in [3.63, 3.8) is 0 Å². The molecule has 118 valence electrons. The number of nitro groups is 1. The molecule has 1 aliphatic carbocycles. The number of aliphatic imine (C=N–C) groups is 1. The molecular formula is C17H16N2O4. The molecule has 3 rings (SSSR count). The topological polar surface area (TPSA) is 81.8 Å². The van der Waals surface area contributed by atoms with Gasteiger partial charge < -0.3 is 4.74 Å². The summed E-state index contributed by atoms with van der Waals surface area (Å²) in [6, 6.07) is 7.17. The standard InChI is InChI=1S/C17H16N2O4/c1-10(2)9-23-17(20)12-7-8-14(19(21)22)15-11-5-3-4-6-13(11)18-16(12)15/h3-8,10,12H,9H2,1-2H3. The van der Waals surface area contributed by atoms with Crippen LogP contribution < -0.4 is 0 Å². The van der Waals surface area contributed by atoms with Crippen LogP contribution in [0.4, 0.5) is 5.69 Å². The molecule has 0 spiro atoms. The van der Waals surface area contributed by atoms with E-state index in [1.807, 2.05) is 19.9 Å². The number of esters is 1. The van der Waals surface area contributed by atoms with Crippen molar-refractivity contribution in [2.24, 2.45) is 16.8 Å². The Bertz CT molecular complexity index is 775. The normalized spacial score (nSPS) is 18.6. The fourth-order valence-electron chi connectivity index (χ4n) is 2.64. The number of carbonyl (C=O) groups excluding carboxylic acids is 1. The number of allylic oxidation sites excluding steroid dienone is 2. The van der Waals surface area contributed by atoms with E-state index in [0.29, 0.717) is 29.1 Å². The first-order valence-electron chi connectivity index (χ1n) is 7.41. The summed E-state index contributed by atoms with van der Waals surface area (Å²) in [4.78, 5) is 27.6. The van der Waals surface area contributed by atoms with Crippen molar-refractivity contribution in [3.05, 3.63) is 57.8 Å². The number of fused-ring (bicyclic) bond motifs is 3. The first kappa shape index (κ1) is 15.1. The fraction of sp³-hybridized carbons (Fsp3) is 0.294. The average Bonchev–Trinajstić information content (AvgIpc) is 2.90. The van der Waals surface area contributed by atoms with Crippen molar-refractivity contribution in [1.29, 1.82) is 0 Å². The van der Waals surface area contributed by atoms with E-state index in [9.17, 15) is 14.9 Å². The number of para-hydroxylation sites is 1. The van der Waals surface area contributed by atoms with Crippen LogP contribution in [0.1, 0.15) is 19.4 Å². The predicted molar refractivity (Wildman–Crippen MR) is 85.9 cm³/mol. The van der Waals surface area contributed by atoms with Crippen LogP contribution in [0.3, 0.4) is 0 Å². The molecule has 1 heterocycles. The SMILES string of the molecule is CC(C)COC(=O)C1C=CC([N+](=O)[O-])=C2C1=Nc1ccccc12. The van der Waals surface area contributed by atoms with Gasteiger partial charge >= 0.3 is 5.97 Å². The fourth-order valence-corrected chi connectivity index (χ4v) is 2.64. The van der Waals surface area contributed by atoms with Gasteiger partial charge in [0.2, 0.25) is 0 Å². The summed E-state index contributed by atoms with van der Waals surface area (Å²) in [6.07, 6.45) is 2.87. The van der Waals surface area contributed by atoms with Crippen LogP contribution in [0, 0.1) is 22.0 Å². The largest absolute Gasteiger partial charge is 0.465 e. The van der Waals surface area contributed by atoms with Crippen molar-refractivity contribution in [2.75, 3.05) is 6.61 Å². The van der Waals surface area contributed by atoms with Gasteiger partial charge in [-0.3, -0.25) is 19.9 Å². The molecule has 0 bridgehead atoms. The smallest absolute Gasteiger partial charge is 0.318 e. The van der Waals surface area contributed by atoms with E-state index in [-0.39, 0.29) is 11.6 Å². The number of rotatable bonds is 4. The zero-order valence-electron chi connectivity index (χ0n) is 12.9. The molecule has 1 aliphatic heterocycles. The minimum Gasteiger partial charge on any atom is -0.465 e. The molecule has 0 amide bonds. The zero-order valence-corrected chi connectivity index (χ0v) is 12.9. The molecule has 1 aromatic rings. The van der Waals surface area contributed by atoms with Crippen molar-refractivity contribution in [1.82, 2.24) is 0 Å². The van der Waals surface area contributed by atoms with Gasteiger partial charge in [0.25, 0.3) is 5.70 Å². The summed E-state index contributed by atoms with van der Waals surface area (Å²) in [5.74, 6) is -0.917. The number of nitrogens with zero attached hydrogens (tertiary/aromatic N) is 2. The van der Waals surface area contributed by atoms with Crippen molar-refractivity contribution in [3.8, 4) is 0 Å². The lowest BCUT2D eigenvalue weighted by molar-refractivity contribution is -0.417. The van der Waals surface area contributed by atoms with E-state index >= 15 is 0 Å². The van der Waals surface area contributed by atoms with Gasteiger partial charge in [0, 0.05) is 11.6 Å². The van der Waals surface area contributed by atoms with Crippen LogP contribution in [-0.2, 0) is 9.53 Å². The second-order valence-electron chi connectivity index (χ2n) is 5.89. The van der Waals surface area contributed by atoms with E-state index in [1.54, 1.807) is 18.2 Å². The number of hydrogen-bond donors (Lipinski definition) is 0. The van der Waals surface area contributed by atoms with Gasteiger partial charge in [-0.2, -0.15) is 0 Å². The highest BCUT2D eigenvalue weighted by Gasteiger charge is 2.39. The molecule has 0 saturated heterocycles. The number of carbonyl (C=O) groups is 1. The number of benzene rings is 1. The molecule has 0 aromatic heterocycles. The summed E-state index contributed by atoms with van der Waals surface area (Å²) in [5, 5.41) is 11.3. The molecule has 2 aliphatic rings. The monoisotopic (exact) mass is 312 g/mol. The first-order chi connectivity index (χ1) is 11.0. The highest BCUT2D eigenvalue weighted by Crippen LogP contribution is 2.41. The predicted octanol–water partition coefficient (Wildman–Crippen LogP) is 3.15. The Labute approximate surface area is 133 Å². The average molecular weight is 312 g/mol. The summed E-state index contributed by atoms with van der Waals surface area (Å²) in [7, 11) is 0. The van der Waals surface area contributed by atoms with E-state index < -0.39 is 16.8 Å². The molecular weight excluding hydrogens is 296 g/mol. The molecule has 6 heteroatoms. The van der Waals surface area contributed by atoms with Crippen LogP contribution in [0.5, 0.6) is 0 Å². The number of hydrogen-bond acceptors (Lipinski definition) is 5. The van der Waals surface area contributed by atoms with E-state index in [1.165, 1.54) is 12.2 Å². The molecule has 6 nitrogen and oxygen atoms in total. The molecule has 1 aromatic carbocycles. The van der Waals surface area contributed by atoms with E-state index in [0.717, 1.165) is 0 Å².